The Kier molecular flexibility index (Phi) is 5.18. The molecule has 1 fully saturated rings. The largest absolute Gasteiger partial charge is 0.466 e. The van der Waals surface area contributed by atoms with Gasteiger partial charge in [-0.1, -0.05) is 0 Å². The number of amides is 1. The summed E-state index contributed by atoms with van der Waals surface area (Å²) in [6, 6.07) is 0. The van der Waals surface area contributed by atoms with Crippen LogP contribution in [0.4, 0.5) is 0 Å². The van der Waals surface area contributed by atoms with Gasteiger partial charge in [-0.3, -0.25) is 9.59 Å². The Labute approximate surface area is 120 Å². The molecule has 0 unspecified atom stereocenters. The van der Waals surface area contributed by atoms with E-state index < -0.39 is 20.5 Å². The highest BCUT2D eigenvalue weighted by Crippen LogP contribution is 2.24. The average Bonchev–Trinajstić information content (AvgIpc) is 2.37. The number of nitrogens with zero attached hydrogens (tertiary/aromatic N) is 1. The Bertz CT molecular complexity index is 483. The van der Waals surface area contributed by atoms with Crippen LogP contribution in [0.2, 0.25) is 0 Å². The molecule has 0 spiro atoms. The second-order valence-corrected chi connectivity index (χ2v) is 8.19. The van der Waals surface area contributed by atoms with Crippen LogP contribution in [0, 0.1) is 5.92 Å². The van der Waals surface area contributed by atoms with E-state index in [4.69, 9.17) is 4.74 Å². The SMILES string of the molecule is CCOC(=O)[C@H]1CCCN(C(=O)C(C)(C)S(C)(=O)=O)C1. The molecule has 1 heterocycles. The van der Waals surface area contributed by atoms with Gasteiger partial charge in [0.15, 0.2) is 9.84 Å². The third-order valence-corrected chi connectivity index (χ3v) is 5.80. The van der Waals surface area contributed by atoms with Gasteiger partial charge in [0.05, 0.1) is 12.5 Å². The number of carbonyl (C=O) groups is 2. The predicted octanol–water partition coefficient (Wildman–Crippen LogP) is 0.611. The first-order chi connectivity index (χ1) is 9.11. The van der Waals surface area contributed by atoms with E-state index in [1.54, 1.807) is 6.92 Å². The number of esters is 1. The molecule has 0 aromatic carbocycles. The van der Waals surface area contributed by atoms with Crippen LogP contribution in [0.25, 0.3) is 0 Å². The number of carbonyl (C=O) groups excluding carboxylic acids is 2. The Morgan fingerprint density at radius 2 is 1.95 bits per heavy atom. The molecule has 0 aliphatic carbocycles. The van der Waals surface area contributed by atoms with E-state index in [2.05, 4.69) is 0 Å². The van der Waals surface area contributed by atoms with Crippen molar-refractivity contribution in [3.63, 3.8) is 0 Å². The summed E-state index contributed by atoms with van der Waals surface area (Å²) in [4.78, 5) is 25.6. The molecule has 1 atom stereocenters. The fourth-order valence-electron chi connectivity index (χ4n) is 2.15. The zero-order valence-electron chi connectivity index (χ0n) is 12.5. The lowest BCUT2D eigenvalue weighted by atomic mass is 9.97. The fraction of sp³-hybridized carbons (Fsp3) is 0.846. The van der Waals surface area contributed by atoms with Crippen LogP contribution in [0.15, 0.2) is 0 Å². The van der Waals surface area contributed by atoms with Gasteiger partial charge in [0.25, 0.3) is 0 Å². The summed E-state index contributed by atoms with van der Waals surface area (Å²) in [5.41, 5.74) is 0. The maximum atomic E-state index is 12.4. The third kappa shape index (κ3) is 3.50. The summed E-state index contributed by atoms with van der Waals surface area (Å²) in [6.07, 6.45) is 2.40. The summed E-state index contributed by atoms with van der Waals surface area (Å²) >= 11 is 0. The zero-order valence-corrected chi connectivity index (χ0v) is 13.3. The number of hydrogen-bond acceptors (Lipinski definition) is 5. The van der Waals surface area contributed by atoms with Crippen LogP contribution in [0.3, 0.4) is 0 Å². The molecule has 7 heteroatoms. The minimum Gasteiger partial charge on any atom is -0.466 e. The van der Waals surface area contributed by atoms with E-state index in [9.17, 15) is 18.0 Å². The van der Waals surface area contributed by atoms with E-state index in [1.165, 1.54) is 18.7 Å². The van der Waals surface area contributed by atoms with Gasteiger partial charge < -0.3 is 9.64 Å². The third-order valence-electron chi connectivity index (χ3n) is 3.77. The maximum absolute atomic E-state index is 12.4. The minimum atomic E-state index is -3.51. The van der Waals surface area contributed by atoms with Crippen LogP contribution >= 0.6 is 0 Å². The number of hydrogen-bond donors (Lipinski definition) is 0. The molecular formula is C13H23NO5S. The number of rotatable bonds is 4. The first-order valence-electron chi connectivity index (χ1n) is 6.77. The van der Waals surface area contributed by atoms with Crippen molar-refractivity contribution in [2.75, 3.05) is 26.0 Å². The topological polar surface area (TPSA) is 80.8 Å². The minimum absolute atomic E-state index is 0.233. The van der Waals surface area contributed by atoms with Crippen molar-refractivity contribution >= 4 is 21.7 Å². The molecule has 20 heavy (non-hydrogen) atoms. The first-order valence-corrected chi connectivity index (χ1v) is 8.66. The summed E-state index contributed by atoms with van der Waals surface area (Å²) in [7, 11) is -3.51. The normalized spacial score (nSPS) is 20.6. The predicted molar refractivity (Wildman–Crippen MR) is 74.9 cm³/mol. The quantitative estimate of drug-likeness (QED) is 0.711. The van der Waals surface area contributed by atoms with E-state index in [1.807, 2.05) is 0 Å². The average molecular weight is 305 g/mol. The van der Waals surface area contributed by atoms with E-state index in [-0.39, 0.29) is 18.4 Å². The molecule has 1 aliphatic heterocycles. The standard InChI is InChI=1S/C13H23NO5S/c1-5-19-11(15)10-7-6-8-14(9-10)12(16)13(2,3)20(4,17)18/h10H,5-9H2,1-4H3/t10-/m0/s1. The molecule has 116 valence electrons. The first kappa shape index (κ1) is 16.9. The Morgan fingerprint density at radius 3 is 2.45 bits per heavy atom. The van der Waals surface area contributed by atoms with Gasteiger partial charge >= 0.3 is 5.97 Å². The lowest BCUT2D eigenvalue weighted by Crippen LogP contribution is -2.53. The van der Waals surface area contributed by atoms with Crippen molar-refractivity contribution < 1.29 is 22.7 Å². The summed E-state index contributed by atoms with van der Waals surface area (Å²) in [5.74, 6) is -1.13. The summed E-state index contributed by atoms with van der Waals surface area (Å²) < 4.78 is 26.9. The molecular weight excluding hydrogens is 282 g/mol. The van der Waals surface area contributed by atoms with Gasteiger partial charge in [-0.05, 0) is 33.6 Å². The monoisotopic (exact) mass is 305 g/mol. The van der Waals surface area contributed by atoms with Gasteiger partial charge in [0.2, 0.25) is 5.91 Å². The lowest BCUT2D eigenvalue weighted by Gasteiger charge is -2.36. The number of likely N-dealkylation sites (tertiary alicyclic amines) is 1. The molecule has 1 amide bonds. The van der Waals surface area contributed by atoms with Crippen molar-refractivity contribution in [3.8, 4) is 0 Å². The van der Waals surface area contributed by atoms with Crippen LogP contribution in [-0.4, -0.2) is 55.9 Å². The van der Waals surface area contributed by atoms with E-state index in [0.29, 0.717) is 26.0 Å². The number of sulfone groups is 1. The highest BCUT2D eigenvalue weighted by atomic mass is 32.2. The van der Waals surface area contributed by atoms with Gasteiger partial charge in [-0.25, -0.2) is 8.42 Å². The summed E-state index contributed by atoms with van der Waals surface area (Å²) in [6.45, 7) is 5.55. The van der Waals surface area contributed by atoms with E-state index >= 15 is 0 Å². The van der Waals surface area contributed by atoms with Gasteiger partial charge in [-0.2, -0.15) is 0 Å². The van der Waals surface area contributed by atoms with Gasteiger partial charge in [0.1, 0.15) is 4.75 Å². The van der Waals surface area contributed by atoms with Crippen molar-refractivity contribution in [1.29, 1.82) is 0 Å². The second-order valence-electron chi connectivity index (χ2n) is 5.62. The van der Waals surface area contributed by atoms with Crippen molar-refractivity contribution in [2.45, 2.75) is 38.4 Å². The molecule has 0 N–H and O–H groups in total. The molecule has 0 bridgehead atoms. The second kappa shape index (κ2) is 6.11. The number of piperidine rings is 1. The molecule has 0 saturated carbocycles. The van der Waals surface area contributed by atoms with Crippen LogP contribution in [0.5, 0.6) is 0 Å². The van der Waals surface area contributed by atoms with Crippen LogP contribution in [0.1, 0.15) is 33.6 Å². The van der Waals surface area contributed by atoms with Gasteiger partial charge in [-0.15, -0.1) is 0 Å². The van der Waals surface area contributed by atoms with E-state index in [0.717, 1.165) is 6.26 Å². The van der Waals surface area contributed by atoms with Crippen molar-refractivity contribution in [1.82, 2.24) is 4.90 Å². The zero-order chi connectivity index (χ0) is 15.6. The highest BCUT2D eigenvalue weighted by molar-refractivity contribution is 7.92. The molecule has 0 aromatic rings. The molecule has 1 rings (SSSR count). The summed E-state index contributed by atoms with van der Waals surface area (Å²) in [5, 5.41) is 0. The fourth-order valence-corrected chi connectivity index (χ4v) is 2.60. The molecule has 1 aliphatic rings. The lowest BCUT2D eigenvalue weighted by molar-refractivity contribution is -0.151. The molecule has 1 saturated heterocycles. The molecule has 0 radical (unpaired) electrons. The Hall–Kier alpha value is -1.11. The van der Waals surface area contributed by atoms with Crippen LogP contribution in [-0.2, 0) is 24.2 Å². The maximum Gasteiger partial charge on any atom is 0.310 e. The van der Waals surface area contributed by atoms with Crippen molar-refractivity contribution in [3.05, 3.63) is 0 Å². The van der Waals surface area contributed by atoms with Crippen molar-refractivity contribution in [2.24, 2.45) is 5.92 Å². The molecule has 6 nitrogen and oxygen atoms in total. The highest BCUT2D eigenvalue weighted by Gasteiger charge is 2.43. The Balaban J connectivity index is 2.82. The number of ether oxygens (including phenoxy) is 1. The smallest absolute Gasteiger partial charge is 0.310 e. The molecule has 0 aromatic heterocycles. The van der Waals surface area contributed by atoms with Gasteiger partial charge in [0, 0.05) is 19.3 Å². The Morgan fingerprint density at radius 1 is 1.35 bits per heavy atom. The van der Waals surface area contributed by atoms with Crippen LogP contribution < -0.4 is 0 Å².